The van der Waals surface area contributed by atoms with E-state index in [4.69, 9.17) is 11.6 Å². The highest BCUT2D eigenvalue weighted by Crippen LogP contribution is 2.34. The molecule has 0 bridgehead atoms. The average Bonchev–Trinajstić information content (AvgIpc) is 2.74. The average molecular weight is 411 g/mol. The molecule has 0 unspecified atom stereocenters. The topological polar surface area (TPSA) is 40.6 Å². The lowest BCUT2D eigenvalue weighted by Crippen LogP contribution is -2.58. The Balaban J connectivity index is 1.69. The number of piperazine rings is 1. The Bertz CT molecular complexity index is 890. The molecule has 0 spiro atoms. The van der Waals surface area contributed by atoms with Crippen LogP contribution in [-0.4, -0.2) is 34.2 Å². The Labute approximate surface area is 177 Å². The van der Waals surface area contributed by atoms with E-state index in [9.17, 15) is 9.59 Å². The van der Waals surface area contributed by atoms with Crippen LogP contribution in [0.5, 0.6) is 0 Å². The Morgan fingerprint density at radius 1 is 0.966 bits per heavy atom. The molecule has 2 fully saturated rings. The molecular weight excluding hydrogens is 384 g/mol. The van der Waals surface area contributed by atoms with E-state index in [0.29, 0.717) is 11.6 Å². The standard InChI is InChI=1S/C24H27ClN2O2/c1-17-11-13-18(14-12-17)23-24(29)26(20-8-3-2-4-9-20)16-22(28)27(23)15-19-7-5-6-10-21(19)25/h5-7,10-14,20,23H,2-4,8-9,15-16H2,1H3/t23-/m0/s1. The van der Waals surface area contributed by atoms with E-state index in [1.165, 1.54) is 6.42 Å². The lowest BCUT2D eigenvalue weighted by Gasteiger charge is -2.44. The largest absolute Gasteiger partial charge is 0.328 e. The smallest absolute Gasteiger partial charge is 0.250 e. The first kappa shape index (κ1) is 20.0. The summed E-state index contributed by atoms with van der Waals surface area (Å²) >= 11 is 6.36. The van der Waals surface area contributed by atoms with Crippen molar-refractivity contribution in [2.75, 3.05) is 6.54 Å². The first-order chi connectivity index (χ1) is 14.0. The highest BCUT2D eigenvalue weighted by atomic mass is 35.5. The Morgan fingerprint density at radius 3 is 2.34 bits per heavy atom. The van der Waals surface area contributed by atoms with E-state index < -0.39 is 6.04 Å². The van der Waals surface area contributed by atoms with Crippen LogP contribution in [0.1, 0.15) is 54.8 Å². The molecule has 1 heterocycles. The number of aryl methyl sites for hydroxylation is 1. The van der Waals surface area contributed by atoms with Gasteiger partial charge in [-0.1, -0.05) is 78.9 Å². The second kappa shape index (κ2) is 8.58. The van der Waals surface area contributed by atoms with Crippen molar-refractivity contribution in [2.24, 2.45) is 0 Å². The van der Waals surface area contributed by atoms with Crippen molar-refractivity contribution in [2.45, 2.75) is 57.7 Å². The fraction of sp³-hybridized carbons (Fsp3) is 0.417. The maximum Gasteiger partial charge on any atom is 0.250 e. The zero-order valence-electron chi connectivity index (χ0n) is 16.8. The second-order valence-corrected chi connectivity index (χ2v) is 8.59. The van der Waals surface area contributed by atoms with Crippen LogP contribution in [0.15, 0.2) is 48.5 Å². The number of carbonyl (C=O) groups excluding carboxylic acids is 2. The summed E-state index contributed by atoms with van der Waals surface area (Å²) in [6.07, 6.45) is 5.45. The van der Waals surface area contributed by atoms with E-state index in [1.54, 1.807) is 4.90 Å². The minimum Gasteiger partial charge on any atom is -0.328 e. The van der Waals surface area contributed by atoms with E-state index in [2.05, 4.69) is 0 Å². The quantitative estimate of drug-likeness (QED) is 0.719. The lowest BCUT2D eigenvalue weighted by molar-refractivity contribution is -0.160. The number of benzene rings is 2. The molecule has 2 amide bonds. The molecule has 5 heteroatoms. The van der Waals surface area contributed by atoms with Crippen LogP contribution >= 0.6 is 11.6 Å². The molecule has 1 aliphatic carbocycles. The molecule has 1 atom stereocenters. The molecule has 4 rings (SSSR count). The van der Waals surface area contributed by atoms with Crippen molar-refractivity contribution >= 4 is 23.4 Å². The third kappa shape index (κ3) is 4.18. The van der Waals surface area contributed by atoms with Gasteiger partial charge in [0.05, 0.1) is 0 Å². The van der Waals surface area contributed by atoms with Crippen molar-refractivity contribution in [3.05, 3.63) is 70.2 Å². The molecule has 1 saturated carbocycles. The Kier molecular flexibility index (Phi) is 5.91. The predicted octanol–water partition coefficient (Wildman–Crippen LogP) is 4.89. The summed E-state index contributed by atoms with van der Waals surface area (Å²) in [4.78, 5) is 30.4. The van der Waals surface area contributed by atoms with Crippen molar-refractivity contribution in [3.63, 3.8) is 0 Å². The molecule has 2 aromatic rings. The number of halogens is 1. The van der Waals surface area contributed by atoms with E-state index >= 15 is 0 Å². The number of hydrogen-bond acceptors (Lipinski definition) is 2. The van der Waals surface area contributed by atoms with Crippen LogP contribution in [0.4, 0.5) is 0 Å². The fourth-order valence-electron chi connectivity index (χ4n) is 4.51. The van der Waals surface area contributed by atoms with Gasteiger partial charge >= 0.3 is 0 Å². The van der Waals surface area contributed by atoms with Gasteiger partial charge in [-0.05, 0) is 37.0 Å². The number of rotatable bonds is 4. The van der Waals surface area contributed by atoms with Gasteiger partial charge in [-0.15, -0.1) is 0 Å². The summed E-state index contributed by atoms with van der Waals surface area (Å²) in [5, 5.41) is 0.616. The number of nitrogens with zero attached hydrogens (tertiary/aromatic N) is 2. The van der Waals surface area contributed by atoms with Crippen LogP contribution in [0.2, 0.25) is 5.02 Å². The van der Waals surface area contributed by atoms with Crippen molar-refractivity contribution in [1.29, 1.82) is 0 Å². The minimum atomic E-state index is -0.602. The maximum atomic E-state index is 13.6. The first-order valence-corrected chi connectivity index (χ1v) is 10.8. The molecular formula is C24H27ClN2O2. The summed E-state index contributed by atoms with van der Waals surface area (Å²) in [7, 11) is 0. The van der Waals surface area contributed by atoms with E-state index in [-0.39, 0.29) is 24.4 Å². The van der Waals surface area contributed by atoms with Gasteiger partial charge in [-0.25, -0.2) is 0 Å². The molecule has 2 aromatic carbocycles. The molecule has 0 aromatic heterocycles. The molecule has 1 aliphatic heterocycles. The SMILES string of the molecule is Cc1ccc([C@H]2C(=O)N(C3CCCCC3)CC(=O)N2Cc2ccccc2Cl)cc1. The first-order valence-electron chi connectivity index (χ1n) is 10.4. The maximum absolute atomic E-state index is 13.6. The summed E-state index contributed by atoms with van der Waals surface area (Å²) in [5.74, 6) is 0.0214. The van der Waals surface area contributed by atoms with Gasteiger partial charge in [0.15, 0.2) is 0 Å². The number of amides is 2. The molecule has 1 saturated heterocycles. The van der Waals surface area contributed by atoms with E-state index in [0.717, 1.165) is 42.4 Å². The summed E-state index contributed by atoms with van der Waals surface area (Å²) < 4.78 is 0. The van der Waals surface area contributed by atoms with Gasteiger partial charge in [0.1, 0.15) is 12.6 Å². The van der Waals surface area contributed by atoms with Gasteiger partial charge in [0.2, 0.25) is 5.91 Å². The van der Waals surface area contributed by atoms with Crippen LogP contribution in [-0.2, 0) is 16.1 Å². The molecule has 2 aliphatic rings. The number of carbonyl (C=O) groups is 2. The summed E-state index contributed by atoms with van der Waals surface area (Å²) in [5.41, 5.74) is 2.85. The molecule has 152 valence electrons. The van der Waals surface area contributed by atoms with Crippen molar-refractivity contribution < 1.29 is 9.59 Å². The van der Waals surface area contributed by atoms with Crippen LogP contribution < -0.4 is 0 Å². The molecule has 4 nitrogen and oxygen atoms in total. The van der Waals surface area contributed by atoms with Crippen molar-refractivity contribution in [3.8, 4) is 0 Å². The normalized spacial score (nSPS) is 21.0. The van der Waals surface area contributed by atoms with E-state index in [1.807, 2.05) is 60.4 Å². The highest BCUT2D eigenvalue weighted by Gasteiger charge is 2.43. The van der Waals surface area contributed by atoms with Gasteiger partial charge in [-0.3, -0.25) is 9.59 Å². The molecule has 29 heavy (non-hydrogen) atoms. The molecule has 0 radical (unpaired) electrons. The third-order valence-electron chi connectivity index (χ3n) is 6.16. The van der Waals surface area contributed by atoms with Gasteiger partial charge in [0, 0.05) is 17.6 Å². The predicted molar refractivity (Wildman–Crippen MR) is 115 cm³/mol. The van der Waals surface area contributed by atoms with Gasteiger partial charge < -0.3 is 9.80 Å². The monoisotopic (exact) mass is 410 g/mol. The fourth-order valence-corrected chi connectivity index (χ4v) is 4.71. The highest BCUT2D eigenvalue weighted by molar-refractivity contribution is 6.31. The van der Waals surface area contributed by atoms with Crippen molar-refractivity contribution in [1.82, 2.24) is 9.80 Å². The lowest BCUT2D eigenvalue weighted by atomic mass is 9.91. The van der Waals surface area contributed by atoms with Crippen LogP contribution in [0.3, 0.4) is 0 Å². The Hall–Kier alpha value is -2.33. The second-order valence-electron chi connectivity index (χ2n) is 8.18. The van der Waals surface area contributed by atoms with Crippen LogP contribution in [0, 0.1) is 6.92 Å². The summed E-state index contributed by atoms with van der Waals surface area (Å²) in [6.45, 7) is 2.52. The van der Waals surface area contributed by atoms with Gasteiger partial charge in [0.25, 0.3) is 5.91 Å². The van der Waals surface area contributed by atoms with Gasteiger partial charge in [-0.2, -0.15) is 0 Å². The summed E-state index contributed by atoms with van der Waals surface area (Å²) in [6, 6.07) is 15.0. The number of hydrogen-bond donors (Lipinski definition) is 0. The van der Waals surface area contributed by atoms with Crippen LogP contribution in [0.25, 0.3) is 0 Å². The zero-order chi connectivity index (χ0) is 20.4. The third-order valence-corrected chi connectivity index (χ3v) is 6.53. The Morgan fingerprint density at radius 2 is 1.66 bits per heavy atom. The zero-order valence-corrected chi connectivity index (χ0v) is 17.6. The minimum absolute atomic E-state index is 0.0133. The molecule has 0 N–H and O–H groups in total.